The van der Waals surface area contributed by atoms with Crippen molar-refractivity contribution in [3.8, 4) is 0 Å². The molecule has 1 atom stereocenters. The van der Waals surface area contributed by atoms with E-state index in [4.69, 9.17) is 8.23 Å². The third-order valence-electron chi connectivity index (χ3n) is 4.54. The predicted molar refractivity (Wildman–Crippen MR) is 113 cm³/mol. The maximum atomic E-state index is 12.0. The highest BCUT2D eigenvalue weighted by Gasteiger charge is 2.39. The Bertz CT molecular complexity index is 382. The van der Waals surface area contributed by atoms with Gasteiger partial charge in [0.15, 0.2) is 16.6 Å². The molecule has 1 unspecified atom stereocenters. The summed E-state index contributed by atoms with van der Waals surface area (Å²) < 4.78 is 13.2. The van der Waals surface area contributed by atoms with Crippen LogP contribution in [0.4, 0.5) is 0 Å². The van der Waals surface area contributed by atoms with E-state index in [-0.39, 0.29) is 5.92 Å². The Balaban J connectivity index is 4.47. The lowest BCUT2D eigenvalue weighted by Gasteiger charge is -2.38. The highest BCUT2D eigenvalue weighted by Crippen LogP contribution is 2.26. The molecule has 0 aliphatic carbocycles. The van der Waals surface area contributed by atoms with E-state index >= 15 is 0 Å². The van der Waals surface area contributed by atoms with Crippen molar-refractivity contribution in [2.75, 3.05) is 0 Å². The Morgan fingerprint density at radius 2 is 1.33 bits per heavy atom. The second-order valence-corrected chi connectivity index (χ2v) is 21.3. The van der Waals surface area contributed by atoms with Crippen molar-refractivity contribution in [3.05, 3.63) is 0 Å². The molecule has 0 saturated heterocycles. The largest absolute Gasteiger partial charge is 0.437 e. The molecule has 0 aromatic heterocycles. The Labute approximate surface area is 154 Å². The van der Waals surface area contributed by atoms with E-state index in [1.54, 1.807) is 0 Å². The Morgan fingerprint density at radius 3 is 1.75 bits per heavy atom. The molecule has 3 nitrogen and oxygen atoms in total. The van der Waals surface area contributed by atoms with Crippen molar-refractivity contribution >= 4 is 31.0 Å². The van der Waals surface area contributed by atoms with E-state index in [9.17, 15) is 4.79 Å². The molecule has 0 aromatic rings. The zero-order chi connectivity index (χ0) is 19.0. The second kappa shape index (κ2) is 10.4. The number of Topliss-reactive ketones (excluding diaryl/α,β-unsaturated/α-hetero) is 1. The monoisotopic (exact) mass is 390 g/mol. The van der Waals surface area contributed by atoms with Crippen LogP contribution < -0.4 is 0 Å². The lowest BCUT2D eigenvalue weighted by atomic mass is 10.0. The molecular formula is C18H42O3Si3. The molecule has 0 aliphatic heterocycles. The SMILES string of the molecule is CCCC[Si](C)(C)O[Si](C)(C)O[Si](C)(C)CCCC(=O)C(C)CC. The van der Waals surface area contributed by atoms with Crippen LogP contribution in [0.15, 0.2) is 0 Å². The van der Waals surface area contributed by atoms with E-state index in [1.165, 1.54) is 18.9 Å². The van der Waals surface area contributed by atoms with Crippen LogP contribution in [-0.2, 0) is 13.0 Å². The standard InChI is InChI=1S/C18H42O3Si3/c1-10-12-15-22(4,5)20-24(8,9)21-23(6,7)16-13-14-18(19)17(3)11-2/h17H,10-16H2,1-9H3. The van der Waals surface area contributed by atoms with Gasteiger partial charge >= 0.3 is 8.56 Å². The van der Waals surface area contributed by atoms with Crippen molar-refractivity contribution in [2.45, 2.75) is 104 Å². The van der Waals surface area contributed by atoms with Crippen LogP contribution in [0, 0.1) is 5.92 Å². The van der Waals surface area contributed by atoms with Gasteiger partial charge in [-0.25, -0.2) is 0 Å². The normalized spacial score (nSPS) is 14.7. The predicted octanol–water partition coefficient (Wildman–Crippen LogP) is 6.33. The van der Waals surface area contributed by atoms with E-state index in [0.717, 1.165) is 18.9 Å². The molecule has 0 radical (unpaired) electrons. The zero-order valence-electron chi connectivity index (χ0n) is 17.8. The fourth-order valence-corrected chi connectivity index (χ4v) is 17.5. The first-order valence-electron chi connectivity index (χ1n) is 9.77. The van der Waals surface area contributed by atoms with E-state index < -0.39 is 25.2 Å². The highest BCUT2D eigenvalue weighted by molar-refractivity contribution is 6.87. The van der Waals surface area contributed by atoms with Gasteiger partial charge < -0.3 is 8.23 Å². The Morgan fingerprint density at radius 1 is 0.875 bits per heavy atom. The van der Waals surface area contributed by atoms with Gasteiger partial charge in [0.05, 0.1) is 0 Å². The average molecular weight is 391 g/mol. The second-order valence-electron chi connectivity index (χ2n) is 8.86. The molecule has 0 spiro atoms. The van der Waals surface area contributed by atoms with Gasteiger partial charge in [-0.2, -0.15) is 0 Å². The number of hydrogen-bond acceptors (Lipinski definition) is 3. The number of carbonyl (C=O) groups is 1. The molecule has 0 rings (SSSR count). The number of ketones is 1. The maximum Gasteiger partial charge on any atom is 0.311 e. The first kappa shape index (κ1) is 24.2. The molecule has 24 heavy (non-hydrogen) atoms. The molecule has 6 heteroatoms. The summed E-state index contributed by atoms with van der Waals surface area (Å²) in [6.45, 7) is 20.0. The number of carbonyl (C=O) groups excluding carboxylic acids is 1. The molecule has 0 aliphatic rings. The van der Waals surface area contributed by atoms with Gasteiger partial charge in [-0.3, -0.25) is 4.79 Å². The molecule has 0 fully saturated rings. The average Bonchev–Trinajstić information content (AvgIpc) is 2.41. The summed E-state index contributed by atoms with van der Waals surface area (Å²) in [5.74, 6) is 0.610. The molecule has 0 heterocycles. The van der Waals surface area contributed by atoms with Crippen LogP contribution in [0.2, 0.25) is 51.4 Å². The van der Waals surface area contributed by atoms with Gasteiger partial charge in [0, 0.05) is 12.3 Å². The zero-order valence-corrected chi connectivity index (χ0v) is 20.8. The van der Waals surface area contributed by atoms with Crippen LogP contribution in [-0.4, -0.2) is 31.0 Å². The molecule has 0 bridgehead atoms. The van der Waals surface area contributed by atoms with E-state index in [0.29, 0.717) is 12.2 Å². The van der Waals surface area contributed by atoms with Crippen LogP contribution >= 0.6 is 0 Å². The van der Waals surface area contributed by atoms with Crippen molar-refractivity contribution < 1.29 is 13.0 Å². The van der Waals surface area contributed by atoms with Crippen molar-refractivity contribution in [1.29, 1.82) is 0 Å². The molecule has 0 N–H and O–H groups in total. The fraction of sp³-hybridized carbons (Fsp3) is 0.944. The summed E-state index contributed by atoms with van der Waals surface area (Å²) in [7, 11) is -5.49. The van der Waals surface area contributed by atoms with Gasteiger partial charge in [0.25, 0.3) is 0 Å². The summed E-state index contributed by atoms with van der Waals surface area (Å²) in [6, 6.07) is 2.26. The number of unbranched alkanes of at least 4 members (excludes halogenated alkanes) is 1. The smallest absolute Gasteiger partial charge is 0.311 e. The van der Waals surface area contributed by atoms with Crippen molar-refractivity contribution in [1.82, 2.24) is 0 Å². The van der Waals surface area contributed by atoms with Gasteiger partial charge in [0.1, 0.15) is 5.78 Å². The van der Waals surface area contributed by atoms with Crippen LogP contribution in [0.1, 0.15) is 52.9 Å². The van der Waals surface area contributed by atoms with Crippen LogP contribution in [0.3, 0.4) is 0 Å². The summed E-state index contributed by atoms with van der Waals surface area (Å²) in [4.78, 5) is 12.0. The van der Waals surface area contributed by atoms with E-state index in [1.807, 2.05) is 6.92 Å². The first-order valence-corrected chi connectivity index (χ1v) is 18.8. The van der Waals surface area contributed by atoms with Crippen LogP contribution in [0.25, 0.3) is 0 Å². The minimum absolute atomic E-state index is 0.204. The minimum Gasteiger partial charge on any atom is -0.437 e. The summed E-state index contributed by atoms with van der Waals surface area (Å²) >= 11 is 0. The Hall–Kier alpha value is 0.241. The van der Waals surface area contributed by atoms with Gasteiger partial charge in [-0.05, 0) is 64.2 Å². The molecule has 0 aromatic carbocycles. The Kier molecular flexibility index (Phi) is 10.5. The van der Waals surface area contributed by atoms with Gasteiger partial charge in [-0.15, -0.1) is 0 Å². The van der Waals surface area contributed by atoms with Crippen molar-refractivity contribution in [3.63, 3.8) is 0 Å². The fourth-order valence-electron chi connectivity index (χ4n) is 3.22. The van der Waals surface area contributed by atoms with Crippen molar-refractivity contribution in [2.24, 2.45) is 5.92 Å². The summed E-state index contributed by atoms with van der Waals surface area (Å²) in [6.07, 6.45) is 5.09. The summed E-state index contributed by atoms with van der Waals surface area (Å²) in [5, 5.41) is 0. The van der Waals surface area contributed by atoms with Gasteiger partial charge in [0.2, 0.25) is 0 Å². The lowest BCUT2D eigenvalue weighted by Crippen LogP contribution is -2.52. The number of hydrogen-bond donors (Lipinski definition) is 0. The van der Waals surface area contributed by atoms with Gasteiger partial charge in [-0.1, -0.05) is 33.6 Å². The molecular weight excluding hydrogens is 348 g/mol. The van der Waals surface area contributed by atoms with Crippen LogP contribution in [0.5, 0.6) is 0 Å². The third kappa shape index (κ3) is 11.0. The molecule has 0 saturated carbocycles. The highest BCUT2D eigenvalue weighted by atomic mass is 28.5. The lowest BCUT2D eigenvalue weighted by molar-refractivity contribution is -0.122. The minimum atomic E-state index is -2.09. The summed E-state index contributed by atoms with van der Waals surface area (Å²) in [5.41, 5.74) is 0. The third-order valence-corrected chi connectivity index (χ3v) is 16.0. The topological polar surface area (TPSA) is 35.5 Å². The van der Waals surface area contributed by atoms with E-state index in [2.05, 4.69) is 53.1 Å². The first-order chi connectivity index (χ1) is 10.8. The molecule has 0 amide bonds. The maximum absolute atomic E-state index is 12.0. The quantitative estimate of drug-likeness (QED) is 0.345. The number of rotatable bonds is 13. The molecule has 144 valence electrons.